The molecule has 26 heavy (non-hydrogen) atoms. The third-order valence-corrected chi connectivity index (χ3v) is 9.03. The van der Waals surface area contributed by atoms with Crippen molar-refractivity contribution < 1.29 is 21.6 Å². The monoisotopic (exact) mass is 396 g/mol. The Morgan fingerprint density at radius 1 is 0.731 bits per heavy atom. The summed E-state index contributed by atoms with van der Waals surface area (Å²) in [6, 6.07) is 15.9. The minimum Gasteiger partial charge on any atom is -0.297 e. The van der Waals surface area contributed by atoms with Gasteiger partial charge in [-0.05, 0) is 31.2 Å². The number of carbonyl (C=O) groups is 1. The summed E-state index contributed by atoms with van der Waals surface area (Å²) in [6.07, 6.45) is 0. The molecule has 0 bridgehead atoms. The zero-order valence-electron chi connectivity index (χ0n) is 14.6. The number of para-hydroxylation sites is 2. The number of nitrogens with zero attached hydrogens (tertiary/aromatic N) is 2. The van der Waals surface area contributed by atoms with Crippen molar-refractivity contribution in [2.24, 2.45) is 0 Å². The molecule has 0 saturated carbocycles. The lowest BCUT2D eigenvalue weighted by molar-refractivity contribution is -0.115. The van der Waals surface area contributed by atoms with Gasteiger partial charge < -0.3 is 0 Å². The van der Waals surface area contributed by atoms with Crippen molar-refractivity contribution in [2.45, 2.75) is 11.5 Å². The second-order valence-electron chi connectivity index (χ2n) is 5.64. The highest BCUT2D eigenvalue weighted by Gasteiger charge is 2.46. The van der Waals surface area contributed by atoms with E-state index in [-0.39, 0.29) is 11.4 Å². The summed E-state index contributed by atoms with van der Waals surface area (Å²) < 4.78 is 51.2. The number of hydrogen-bond acceptors (Lipinski definition) is 5. The number of anilines is 2. The molecule has 0 aliphatic carbocycles. The van der Waals surface area contributed by atoms with Gasteiger partial charge in [-0.25, -0.2) is 16.8 Å². The fraction of sp³-hybridized carbons (Fsp3) is 0.235. The molecule has 140 valence electrons. The summed E-state index contributed by atoms with van der Waals surface area (Å²) in [4.78, 5) is 12.1. The van der Waals surface area contributed by atoms with Gasteiger partial charge in [-0.1, -0.05) is 36.4 Å². The van der Waals surface area contributed by atoms with Crippen molar-refractivity contribution in [3.8, 4) is 0 Å². The number of benzene rings is 2. The van der Waals surface area contributed by atoms with Crippen LogP contribution in [0.5, 0.6) is 0 Å². The molecule has 0 saturated heterocycles. The summed E-state index contributed by atoms with van der Waals surface area (Å²) in [5.74, 6) is -0.976. The van der Waals surface area contributed by atoms with Gasteiger partial charge in [0.15, 0.2) is 5.78 Å². The van der Waals surface area contributed by atoms with Gasteiger partial charge in [0.2, 0.25) is 0 Å². The van der Waals surface area contributed by atoms with Gasteiger partial charge in [-0.15, -0.1) is 0 Å². The lowest BCUT2D eigenvalue weighted by Gasteiger charge is -2.28. The number of rotatable bonds is 7. The number of hydrogen-bond donors (Lipinski definition) is 0. The third-order valence-electron chi connectivity index (χ3n) is 3.88. The molecule has 0 spiro atoms. The van der Waals surface area contributed by atoms with E-state index in [4.69, 9.17) is 0 Å². The molecule has 0 heterocycles. The van der Waals surface area contributed by atoms with E-state index in [1.54, 1.807) is 36.4 Å². The number of ketones is 1. The molecule has 0 radical (unpaired) electrons. The zero-order valence-corrected chi connectivity index (χ0v) is 16.2. The Morgan fingerprint density at radius 2 is 1.04 bits per heavy atom. The Bertz CT molecular complexity index is 899. The van der Waals surface area contributed by atoms with Crippen molar-refractivity contribution >= 4 is 37.2 Å². The minimum atomic E-state index is -4.51. The fourth-order valence-corrected chi connectivity index (χ4v) is 6.68. The van der Waals surface area contributed by atoms with Crippen LogP contribution in [0.2, 0.25) is 0 Å². The first kappa shape index (κ1) is 19.9. The smallest absolute Gasteiger partial charge is 0.261 e. The first-order chi connectivity index (χ1) is 12.1. The molecule has 0 fully saturated rings. The molecule has 0 aliphatic heterocycles. The predicted octanol–water partition coefficient (Wildman–Crippen LogP) is 1.83. The van der Waals surface area contributed by atoms with E-state index in [2.05, 4.69) is 0 Å². The fourth-order valence-electron chi connectivity index (χ4n) is 2.43. The van der Waals surface area contributed by atoms with Crippen LogP contribution in [0.1, 0.15) is 6.92 Å². The van der Waals surface area contributed by atoms with Crippen LogP contribution in [-0.2, 0) is 24.8 Å². The average Bonchev–Trinajstić information content (AvgIpc) is 2.61. The molecule has 0 unspecified atom stereocenters. The van der Waals surface area contributed by atoms with E-state index in [1.807, 2.05) is 0 Å². The van der Waals surface area contributed by atoms with E-state index in [0.29, 0.717) is 0 Å². The highest BCUT2D eigenvalue weighted by atomic mass is 32.3. The summed E-state index contributed by atoms with van der Waals surface area (Å²) in [7, 11) is -6.58. The van der Waals surface area contributed by atoms with Gasteiger partial charge in [-0.2, -0.15) is 0 Å². The van der Waals surface area contributed by atoms with Crippen LogP contribution in [0.25, 0.3) is 0 Å². The highest BCUT2D eigenvalue weighted by Crippen LogP contribution is 2.26. The lowest BCUT2D eigenvalue weighted by atomic mass is 10.3. The highest BCUT2D eigenvalue weighted by molar-refractivity contribution is 8.11. The van der Waals surface area contributed by atoms with Gasteiger partial charge in [0.05, 0.1) is 11.4 Å². The Kier molecular flexibility index (Phi) is 5.72. The van der Waals surface area contributed by atoms with Crippen LogP contribution < -0.4 is 8.61 Å². The molecule has 9 heteroatoms. The van der Waals surface area contributed by atoms with E-state index >= 15 is 0 Å². The summed E-state index contributed by atoms with van der Waals surface area (Å²) in [5.41, 5.74) is 0.521. The number of Topliss-reactive ketones (excluding diaryl/α,β-unsaturated/α-hetero) is 1. The maximum atomic E-state index is 13.0. The van der Waals surface area contributed by atoms with E-state index in [1.165, 1.54) is 38.4 Å². The molecule has 2 rings (SSSR count). The topological polar surface area (TPSA) is 91.8 Å². The van der Waals surface area contributed by atoms with Crippen LogP contribution in [-0.4, -0.2) is 41.3 Å². The summed E-state index contributed by atoms with van der Waals surface area (Å²) in [6.45, 7) is 0.956. The van der Waals surface area contributed by atoms with Crippen LogP contribution in [0, 0.1) is 0 Å². The summed E-state index contributed by atoms with van der Waals surface area (Å²) in [5, 5.41) is 0. The van der Waals surface area contributed by atoms with Crippen molar-refractivity contribution in [3.63, 3.8) is 0 Å². The Hall–Kier alpha value is -2.39. The van der Waals surface area contributed by atoms with Crippen molar-refractivity contribution in [3.05, 3.63) is 60.7 Å². The molecule has 0 N–H and O–H groups in total. The second-order valence-corrected chi connectivity index (χ2v) is 10.0. The van der Waals surface area contributed by atoms with E-state index < -0.39 is 30.4 Å². The van der Waals surface area contributed by atoms with Crippen molar-refractivity contribution in [1.29, 1.82) is 0 Å². The molecule has 0 amide bonds. The second kappa shape index (κ2) is 7.46. The van der Waals surface area contributed by atoms with E-state index in [0.717, 1.165) is 15.5 Å². The van der Waals surface area contributed by atoms with Gasteiger partial charge in [0, 0.05) is 14.1 Å². The number of carbonyl (C=O) groups excluding carboxylic acids is 1. The SMILES string of the molecule is CC(=O)C(S(=O)(=O)N(C)c1ccccc1)S(=O)(=O)N(C)c1ccccc1. The van der Waals surface area contributed by atoms with Gasteiger partial charge >= 0.3 is 0 Å². The third kappa shape index (κ3) is 3.73. The minimum absolute atomic E-state index is 0.260. The lowest BCUT2D eigenvalue weighted by Crippen LogP contribution is -2.49. The molecule has 0 atom stereocenters. The van der Waals surface area contributed by atoms with Crippen LogP contribution >= 0.6 is 0 Å². The predicted molar refractivity (Wildman–Crippen MR) is 102 cm³/mol. The maximum Gasteiger partial charge on any atom is 0.261 e. The van der Waals surface area contributed by atoms with Gasteiger partial charge in [0.25, 0.3) is 24.6 Å². The quantitative estimate of drug-likeness (QED) is 0.712. The molecular weight excluding hydrogens is 376 g/mol. The number of sulfonamides is 2. The van der Waals surface area contributed by atoms with E-state index in [9.17, 15) is 21.6 Å². The maximum absolute atomic E-state index is 13.0. The molecule has 0 aromatic heterocycles. The molecule has 2 aromatic carbocycles. The van der Waals surface area contributed by atoms with Crippen molar-refractivity contribution in [1.82, 2.24) is 0 Å². The van der Waals surface area contributed by atoms with Crippen LogP contribution in [0.15, 0.2) is 60.7 Å². The molecule has 7 nitrogen and oxygen atoms in total. The van der Waals surface area contributed by atoms with Crippen LogP contribution in [0.4, 0.5) is 11.4 Å². The zero-order chi connectivity index (χ0) is 19.5. The summed E-state index contributed by atoms with van der Waals surface area (Å²) >= 11 is 0. The molecular formula is C17H20N2O5S2. The molecule has 0 aliphatic rings. The molecule has 2 aromatic rings. The largest absolute Gasteiger partial charge is 0.297 e. The van der Waals surface area contributed by atoms with Crippen LogP contribution in [0.3, 0.4) is 0 Å². The first-order valence-corrected chi connectivity index (χ1v) is 10.7. The van der Waals surface area contributed by atoms with Crippen molar-refractivity contribution in [2.75, 3.05) is 22.7 Å². The first-order valence-electron chi connectivity index (χ1n) is 7.66. The Labute approximate surface area is 154 Å². The Morgan fingerprint density at radius 3 is 1.31 bits per heavy atom. The average molecular weight is 396 g/mol. The standard InChI is InChI=1S/C17H20N2O5S2/c1-14(20)17(25(21,22)18(2)15-10-6-4-7-11-15)26(23,24)19(3)16-12-8-5-9-13-16/h4-13,17H,1-3H3. The normalized spacial score (nSPS) is 12.0. The Balaban J connectivity index is 2.52. The van der Waals surface area contributed by atoms with Gasteiger partial charge in [0.1, 0.15) is 0 Å². The van der Waals surface area contributed by atoms with Gasteiger partial charge in [-0.3, -0.25) is 13.4 Å².